The highest BCUT2D eigenvalue weighted by atomic mass is 32.2. The lowest BCUT2D eigenvalue weighted by molar-refractivity contribution is 0.602. The van der Waals surface area contributed by atoms with Gasteiger partial charge in [-0.1, -0.05) is 12.1 Å². The fourth-order valence-corrected chi connectivity index (χ4v) is 3.06. The molecule has 6 heteroatoms. The summed E-state index contributed by atoms with van der Waals surface area (Å²) in [6.45, 7) is 4.50. The first-order valence-electron chi connectivity index (χ1n) is 6.32. The quantitative estimate of drug-likeness (QED) is 0.937. The van der Waals surface area contributed by atoms with Gasteiger partial charge in [-0.3, -0.25) is 4.68 Å². The van der Waals surface area contributed by atoms with Crippen LogP contribution in [0.5, 0.6) is 0 Å². The fraction of sp³-hybridized carbons (Fsp3) is 0.357. The summed E-state index contributed by atoms with van der Waals surface area (Å²) in [5, 5.41) is 7.55. The lowest BCUT2D eigenvalue weighted by Gasteiger charge is -2.11. The van der Waals surface area contributed by atoms with Crippen LogP contribution in [0.15, 0.2) is 29.2 Å². The molecule has 0 aliphatic carbocycles. The van der Waals surface area contributed by atoms with Crippen molar-refractivity contribution in [1.29, 1.82) is 0 Å². The predicted octanol–water partition coefficient (Wildman–Crippen LogP) is 2.05. The van der Waals surface area contributed by atoms with Gasteiger partial charge in [-0.2, -0.15) is 5.10 Å². The Morgan fingerprint density at radius 2 is 1.90 bits per heavy atom. The smallest absolute Gasteiger partial charge is 0.177 e. The van der Waals surface area contributed by atoms with Gasteiger partial charge in [-0.15, -0.1) is 0 Å². The topological polar surface area (TPSA) is 64.0 Å². The van der Waals surface area contributed by atoms with Crippen LogP contribution in [0.2, 0.25) is 0 Å². The Balaban J connectivity index is 2.28. The highest BCUT2D eigenvalue weighted by Crippen LogP contribution is 2.22. The summed E-state index contributed by atoms with van der Waals surface area (Å²) < 4.78 is 25.3. The van der Waals surface area contributed by atoms with Crippen LogP contribution < -0.4 is 5.32 Å². The molecule has 20 heavy (non-hydrogen) atoms. The van der Waals surface area contributed by atoms with Gasteiger partial charge >= 0.3 is 0 Å². The van der Waals surface area contributed by atoms with Crippen molar-refractivity contribution in [1.82, 2.24) is 9.78 Å². The maximum absolute atomic E-state index is 11.7. The molecule has 0 fully saturated rings. The normalized spacial score (nSPS) is 11.6. The highest BCUT2D eigenvalue weighted by Gasteiger charge is 2.14. The molecule has 1 N–H and O–H groups in total. The van der Waals surface area contributed by atoms with E-state index in [0.29, 0.717) is 17.1 Å². The van der Waals surface area contributed by atoms with Crippen LogP contribution in [0.3, 0.4) is 0 Å². The van der Waals surface area contributed by atoms with E-state index in [1.54, 1.807) is 18.2 Å². The van der Waals surface area contributed by atoms with Crippen LogP contribution in [0, 0.1) is 13.8 Å². The summed E-state index contributed by atoms with van der Waals surface area (Å²) in [4.78, 5) is 0.319. The van der Waals surface area contributed by atoms with Crippen molar-refractivity contribution >= 4 is 15.5 Å². The number of rotatable bonds is 4. The Morgan fingerprint density at radius 1 is 1.25 bits per heavy atom. The van der Waals surface area contributed by atoms with Crippen LogP contribution in [0.25, 0.3) is 0 Å². The SMILES string of the molecule is Cc1nn(C)c(C)c1CNc1ccccc1S(C)(=O)=O. The average Bonchev–Trinajstić information content (AvgIpc) is 2.60. The standard InChI is InChI=1S/C14H19N3O2S/c1-10-12(11(2)17(3)16-10)9-15-13-7-5-6-8-14(13)20(4,18)19/h5-8,15H,9H2,1-4H3. The predicted molar refractivity (Wildman–Crippen MR) is 79.6 cm³/mol. The van der Waals surface area contributed by atoms with Crippen molar-refractivity contribution in [2.45, 2.75) is 25.3 Å². The molecule has 0 amide bonds. The van der Waals surface area contributed by atoms with Crippen molar-refractivity contribution in [2.75, 3.05) is 11.6 Å². The van der Waals surface area contributed by atoms with Gasteiger partial charge in [0, 0.05) is 31.1 Å². The number of benzene rings is 1. The number of nitrogens with one attached hydrogen (secondary N) is 1. The molecule has 0 saturated heterocycles. The van der Waals surface area contributed by atoms with E-state index in [1.165, 1.54) is 6.26 Å². The highest BCUT2D eigenvalue weighted by molar-refractivity contribution is 7.90. The minimum absolute atomic E-state index is 0.319. The number of hydrogen-bond acceptors (Lipinski definition) is 4. The van der Waals surface area contributed by atoms with Gasteiger partial charge in [0.05, 0.1) is 16.3 Å². The molecule has 1 aromatic heterocycles. The summed E-state index contributed by atoms with van der Waals surface area (Å²) in [5.41, 5.74) is 3.75. The second kappa shape index (κ2) is 5.28. The summed E-state index contributed by atoms with van der Waals surface area (Å²) in [7, 11) is -1.34. The lowest BCUT2D eigenvalue weighted by atomic mass is 10.2. The van der Waals surface area contributed by atoms with Gasteiger partial charge < -0.3 is 5.32 Å². The van der Waals surface area contributed by atoms with Crippen LogP contribution in [-0.2, 0) is 23.4 Å². The number of para-hydroxylation sites is 1. The van der Waals surface area contributed by atoms with Gasteiger partial charge in [0.2, 0.25) is 0 Å². The van der Waals surface area contributed by atoms with Gasteiger partial charge in [0.25, 0.3) is 0 Å². The van der Waals surface area contributed by atoms with Crippen LogP contribution in [-0.4, -0.2) is 24.5 Å². The van der Waals surface area contributed by atoms with Crippen LogP contribution >= 0.6 is 0 Å². The van der Waals surface area contributed by atoms with Gasteiger partial charge in [0.1, 0.15) is 0 Å². The molecule has 0 radical (unpaired) electrons. The Labute approximate surface area is 119 Å². The monoisotopic (exact) mass is 293 g/mol. The van der Waals surface area contributed by atoms with E-state index in [0.717, 1.165) is 17.0 Å². The van der Waals surface area contributed by atoms with Crippen LogP contribution in [0.1, 0.15) is 17.0 Å². The molecule has 1 heterocycles. The van der Waals surface area contributed by atoms with E-state index >= 15 is 0 Å². The zero-order chi connectivity index (χ0) is 14.9. The second-order valence-electron chi connectivity index (χ2n) is 4.89. The largest absolute Gasteiger partial charge is 0.380 e. The number of nitrogens with zero attached hydrogens (tertiary/aromatic N) is 2. The maximum atomic E-state index is 11.7. The summed E-state index contributed by atoms with van der Waals surface area (Å²) in [5.74, 6) is 0. The summed E-state index contributed by atoms with van der Waals surface area (Å²) in [6, 6.07) is 6.93. The Kier molecular flexibility index (Phi) is 3.85. The number of anilines is 1. The van der Waals surface area contributed by atoms with Crippen LogP contribution in [0.4, 0.5) is 5.69 Å². The third-order valence-electron chi connectivity index (χ3n) is 3.40. The van der Waals surface area contributed by atoms with E-state index in [2.05, 4.69) is 10.4 Å². The van der Waals surface area contributed by atoms with Crippen molar-refractivity contribution in [3.63, 3.8) is 0 Å². The van der Waals surface area contributed by atoms with Crippen molar-refractivity contribution < 1.29 is 8.42 Å². The molecule has 108 valence electrons. The Bertz CT molecular complexity index is 733. The molecule has 5 nitrogen and oxygen atoms in total. The zero-order valence-corrected chi connectivity index (χ0v) is 13.0. The molecule has 0 atom stereocenters. The first-order valence-corrected chi connectivity index (χ1v) is 8.22. The minimum atomic E-state index is -3.24. The maximum Gasteiger partial charge on any atom is 0.177 e. The number of aromatic nitrogens is 2. The molecule has 0 spiro atoms. The average molecular weight is 293 g/mol. The van der Waals surface area contributed by atoms with Crippen molar-refractivity contribution in [2.24, 2.45) is 7.05 Å². The van der Waals surface area contributed by atoms with Gasteiger partial charge in [0.15, 0.2) is 9.84 Å². The second-order valence-corrected chi connectivity index (χ2v) is 6.88. The molecular formula is C14H19N3O2S. The molecule has 2 rings (SSSR count). The van der Waals surface area contributed by atoms with E-state index in [1.807, 2.05) is 31.6 Å². The first kappa shape index (κ1) is 14.6. The van der Waals surface area contributed by atoms with Gasteiger partial charge in [-0.25, -0.2) is 8.42 Å². The Hall–Kier alpha value is -1.82. The van der Waals surface area contributed by atoms with E-state index < -0.39 is 9.84 Å². The minimum Gasteiger partial charge on any atom is -0.380 e. The third kappa shape index (κ3) is 2.85. The zero-order valence-electron chi connectivity index (χ0n) is 12.1. The van der Waals surface area contributed by atoms with Gasteiger partial charge in [-0.05, 0) is 26.0 Å². The summed E-state index contributed by atoms with van der Waals surface area (Å²) in [6.07, 6.45) is 1.22. The number of aryl methyl sites for hydroxylation is 2. The van der Waals surface area contributed by atoms with Crippen molar-refractivity contribution in [3.8, 4) is 0 Å². The Morgan fingerprint density at radius 3 is 2.45 bits per heavy atom. The molecule has 2 aromatic rings. The molecule has 0 bridgehead atoms. The lowest BCUT2D eigenvalue weighted by Crippen LogP contribution is -2.07. The summed E-state index contributed by atoms with van der Waals surface area (Å²) >= 11 is 0. The van der Waals surface area contributed by atoms with E-state index in [4.69, 9.17) is 0 Å². The van der Waals surface area contributed by atoms with Crippen molar-refractivity contribution in [3.05, 3.63) is 41.2 Å². The first-order chi connectivity index (χ1) is 9.30. The molecule has 0 unspecified atom stereocenters. The molecule has 0 saturated carbocycles. The molecule has 0 aliphatic heterocycles. The number of hydrogen-bond donors (Lipinski definition) is 1. The fourth-order valence-electron chi connectivity index (χ4n) is 2.19. The van der Waals surface area contributed by atoms with E-state index in [-0.39, 0.29) is 0 Å². The van der Waals surface area contributed by atoms with E-state index in [9.17, 15) is 8.42 Å². The molecular weight excluding hydrogens is 274 g/mol. The molecule has 0 aliphatic rings. The molecule has 1 aromatic carbocycles. The third-order valence-corrected chi connectivity index (χ3v) is 4.56. The number of sulfone groups is 1.